The van der Waals surface area contributed by atoms with Gasteiger partial charge in [-0.05, 0) is 28.1 Å². The van der Waals surface area contributed by atoms with Crippen molar-refractivity contribution in [3.05, 3.63) is 34.7 Å². The third-order valence-electron chi connectivity index (χ3n) is 2.59. The summed E-state index contributed by atoms with van der Waals surface area (Å²) in [4.78, 5) is 7.48. The fourth-order valence-corrected chi connectivity index (χ4v) is 2.06. The van der Waals surface area contributed by atoms with E-state index in [1.807, 2.05) is 13.1 Å². The molecule has 86 valence electrons. The summed E-state index contributed by atoms with van der Waals surface area (Å²) in [6.07, 6.45) is 1.69. The van der Waals surface area contributed by atoms with Crippen molar-refractivity contribution in [1.29, 1.82) is 0 Å². The molecule has 6 heteroatoms. The van der Waals surface area contributed by atoms with Gasteiger partial charge in [0.25, 0.3) is 0 Å². The minimum absolute atomic E-state index is 0.308. The molecule has 0 saturated heterocycles. The maximum Gasteiger partial charge on any atom is 0.156 e. The molecule has 0 spiro atoms. The van der Waals surface area contributed by atoms with Crippen molar-refractivity contribution < 1.29 is 4.39 Å². The zero-order valence-electron chi connectivity index (χ0n) is 8.91. The predicted molar refractivity (Wildman–Crippen MR) is 66.0 cm³/mol. The van der Waals surface area contributed by atoms with Gasteiger partial charge in [-0.15, -0.1) is 0 Å². The Morgan fingerprint density at radius 3 is 2.94 bits per heavy atom. The summed E-state index contributed by atoms with van der Waals surface area (Å²) in [5, 5.41) is 4.07. The van der Waals surface area contributed by atoms with Crippen LogP contribution in [0.5, 0.6) is 0 Å². The third-order valence-corrected chi connectivity index (χ3v) is 3.20. The third kappa shape index (κ3) is 1.64. The van der Waals surface area contributed by atoms with E-state index >= 15 is 0 Å². The van der Waals surface area contributed by atoms with Crippen LogP contribution in [0.2, 0.25) is 0 Å². The van der Waals surface area contributed by atoms with Crippen LogP contribution in [0.25, 0.3) is 22.6 Å². The van der Waals surface area contributed by atoms with Crippen LogP contribution in [-0.4, -0.2) is 19.7 Å². The highest BCUT2D eigenvalue weighted by Crippen LogP contribution is 2.24. The summed E-state index contributed by atoms with van der Waals surface area (Å²) in [6, 6.07) is 4.93. The van der Waals surface area contributed by atoms with Crippen LogP contribution in [0.3, 0.4) is 0 Å². The van der Waals surface area contributed by atoms with Crippen LogP contribution in [-0.2, 0) is 7.05 Å². The van der Waals surface area contributed by atoms with Gasteiger partial charge in [0.2, 0.25) is 0 Å². The first-order valence-electron chi connectivity index (χ1n) is 4.98. The highest BCUT2D eigenvalue weighted by atomic mass is 79.9. The summed E-state index contributed by atoms with van der Waals surface area (Å²) in [7, 11) is 1.83. The Morgan fingerprint density at radius 1 is 1.41 bits per heavy atom. The molecule has 3 rings (SSSR count). The van der Waals surface area contributed by atoms with Crippen LogP contribution < -0.4 is 0 Å². The molecule has 0 aliphatic rings. The Kier molecular flexibility index (Phi) is 2.25. The monoisotopic (exact) mass is 294 g/mol. The number of nitrogens with zero attached hydrogens (tertiary/aromatic N) is 3. The van der Waals surface area contributed by atoms with Gasteiger partial charge in [0.1, 0.15) is 11.5 Å². The molecule has 0 amide bonds. The van der Waals surface area contributed by atoms with E-state index in [9.17, 15) is 4.39 Å². The number of aryl methyl sites for hydroxylation is 1. The lowest BCUT2D eigenvalue weighted by Gasteiger charge is -1.95. The lowest BCUT2D eigenvalue weighted by atomic mass is 10.3. The molecule has 17 heavy (non-hydrogen) atoms. The summed E-state index contributed by atoms with van der Waals surface area (Å²) in [5.74, 6) is 0.371. The average Bonchev–Trinajstić information content (AvgIpc) is 2.85. The number of hydrogen-bond acceptors (Lipinski definition) is 2. The van der Waals surface area contributed by atoms with Crippen molar-refractivity contribution >= 4 is 27.0 Å². The van der Waals surface area contributed by atoms with Gasteiger partial charge in [0, 0.05) is 19.3 Å². The lowest BCUT2D eigenvalue weighted by molar-refractivity contribution is 0.623. The second kappa shape index (κ2) is 3.66. The molecule has 0 atom stereocenters. The number of imidazole rings is 1. The Labute approximate surface area is 105 Å². The minimum atomic E-state index is -0.308. The molecule has 0 aliphatic heterocycles. The van der Waals surface area contributed by atoms with Crippen LogP contribution >= 0.6 is 15.9 Å². The molecular formula is C11H8BrFN4. The van der Waals surface area contributed by atoms with E-state index in [0.29, 0.717) is 15.8 Å². The average molecular weight is 295 g/mol. The number of hydrogen-bond donors (Lipinski definition) is 1. The molecule has 0 unspecified atom stereocenters. The molecule has 0 fully saturated rings. The molecule has 2 heterocycles. The Balaban J connectivity index is 2.24. The first-order valence-corrected chi connectivity index (χ1v) is 5.77. The zero-order chi connectivity index (χ0) is 12.0. The Morgan fingerprint density at radius 2 is 2.24 bits per heavy atom. The molecule has 1 N–H and O–H groups in total. The largest absolute Gasteiger partial charge is 0.337 e. The van der Waals surface area contributed by atoms with Gasteiger partial charge in [-0.25, -0.2) is 9.37 Å². The molecule has 4 nitrogen and oxygen atoms in total. The molecule has 3 aromatic rings. The van der Waals surface area contributed by atoms with Crippen LogP contribution in [0.4, 0.5) is 4.39 Å². The van der Waals surface area contributed by atoms with Crippen LogP contribution in [0, 0.1) is 5.82 Å². The van der Waals surface area contributed by atoms with E-state index in [2.05, 4.69) is 31.0 Å². The fraction of sp³-hybridized carbons (Fsp3) is 0.0909. The highest BCUT2D eigenvalue weighted by Gasteiger charge is 2.10. The van der Waals surface area contributed by atoms with E-state index < -0.39 is 0 Å². The van der Waals surface area contributed by atoms with E-state index in [1.165, 1.54) is 6.07 Å². The summed E-state index contributed by atoms with van der Waals surface area (Å²) in [6.45, 7) is 0. The molecule has 0 aliphatic carbocycles. The van der Waals surface area contributed by atoms with E-state index in [1.54, 1.807) is 16.9 Å². The van der Waals surface area contributed by atoms with Crippen molar-refractivity contribution in [2.45, 2.75) is 0 Å². The Bertz CT molecular complexity index is 662. The van der Waals surface area contributed by atoms with Gasteiger partial charge < -0.3 is 4.98 Å². The molecule has 1 aromatic carbocycles. The first-order chi connectivity index (χ1) is 8.15. The van der Waals surface area contributed by atoms with E-state index in [0.717, 1.165) is 11.2 Å². The number of halogens is 2. The number of fused-ring (bicyclic) bond motifs is 1. The van der Waals surface area contributed by atoms with Crippen molar-refractivity contribution in [2.75, 3.05) is 0 Å². The lowest BCUT2D eigenvalue weighted by Crippen LogP contribution is -1.94. The fourth-order valence-electron chi connectivity index (χ4n) is 1.73. The maximum atomic E-state index is 13.4. The van der Waals surface area contributed by atoms with Gasteiger partial charge in [-0.2, -0.15) is 5.10 Å². The molecule has 0 bridgehead atoms. The van der Waals surface area contributed by atoms with Gasteiger partial charge in [-0.3, -0.25) is 4.68 Å². The summed E-state index contributed by atoms with van der Waals surface area (Å²) < 4.78 is 15.5. The zero-order valence-corrected chi connectivity index (χ0v) is 10.5. The number of H-pyrrole nitrogens is 1. The second-order valence-corrected chi connectivity index (χ2v) is 4.56. The standard InChI is InChI=1S/C11H8BrFN4/c1-17-10(2-3-14-17)11-15-8-4-6(12)7(13)5-9(8)16-11/h2-5H,1H3,(H,15,16). The first kappa shape index (κ1) is 10.5. The summed E-state index contributed by atoms with van der Waals surface area (Å²) in [5.41, 5.74) is 2.24. The number of aromatic nitrogens is 4. The van der Waals surface area contributed by atoms with Crippen molar-refractivity contribution in [3.63, 3.8) is 0 Å². The van der Waals surface area contributed by atoms with Gasteiger partial charge in [0.05, 0.1) is 15.5 Å². The van der Waals surface area contributed by atoms with Crippen molar-refractivity contribution in [2.24, 2.45) is 7.05 Å². The normalized spacial score (nSPS) is 11.2. The Hall–Kier alpha value is -1.69. The van der Waals surface area contributed by atoms with Gasteiger partial charge >= 0.3 is 0 Å². The van der Waals surface area contributed by atoms with Gasteiger partial charge in [0.15, 0.2) is 5.82 Å². The van der Waals surface area contributed by atoms with E-state index in [-0.39, 0.29) is 5.82 Å². The maximum absolute atomic E-state index is 13.4. The number of benzene rings is 1. The minimum Gasteiger partial charge on any atom is -0.337 e. The quantitative estimate of drug-likeness (QED) is 0.750. The number of nitrogens with one attached hydrogen (secondary N) is 1. The molecular weight excluding hydrogens is 287 g/mol. The second-order valence-electron chi connectivity index (χ2n) is 3.71. The summed E-state index contributed by atoms with van der Waals surface area (Å²) >= 11 is 3.14. The molecule has 0 radical (unpaired) electrons. The SMILES string of the molecule is Cn1nccc1-c1nc2cc(Br)c(F)cc2[nH]1. The topological polar surface area (TPSA) is 46.5 Å². The smallest absolute Gasteiger partial charge is 0.156 e. The van der Waals surface area contributed by atoms with E-state index in [4.69, 9.17) is 0 Å². The highest BCUT2D eigenvalue weighted by molar-refractivity contribution is 9.10. The molecule has 2 aromatic heterocycles. The van der Waals surface area contributed by atoms with Crippen LogP contribution in [0.1, 0.15) is 0 Å². The number of rotatable bonds is 1. The molecule has 0 saturated carbocycles. The van der Waals surface area contributed by atoms with Crippen LogP contribution in [0.15, 0.2) is 28.9 Å². The number of aromatic amines is 1. The van der Waals surface area contributed by atoms with Gasteiger partial charge in [-0.1, -0.05) is 0 Å². The van der Waals surface area contributed by atoms with Crippen molar-refractivity contribution in [3.8, 4) is 11.5 Å². The van der Waals surface area contributed by atoms with Crippen molar-refractivity contribution in [1.82, 2.24) is 19.7 Å². The predicted octanol–water partition coefficient (Wildman–Crippen LogP) is 2.87.